The zero-order valence-electron chi connectivity index (χ0n) is 11.4. The summed E-state index contributed by atoms with van der Waals surface area (Å²) < 4.78 is 25.8. The molecule has 0 amide bonds. The van der Waals surface area contributed by atoms with Crippen LogP contribution in [0.2, 0.25) is 0 Å². The first-order valence-corrected chi connectivity index (χ1v) is 7.56. The molecule has 0 aliphatic heterocycles. The van der Waals surface area contributed by atoms with E-state index in [2.05, 4.69) is 0 Å². The molecule has 0 aliphatic carbocycles. The van der Waals surface area contributed by atoms with Crippen molar-refractivity contribution in [1.82, 2.24) is 4.31 Å². The number of hydrogen-bond acceptors (Lipinski definition) is 4. The minimum absolute atomic E-state index is 0.271. The van der Waals surface area contributed by atoms with Crippen LogP contribution < -0.4 is 5.73 Å². The fourth-order valence-electron chi connectivity index (χ4n) is 1.82. The van der Waals surface area contributed by atoms with E-state index in [9.17, 15) is 8.42 Å². The number of rotatable bonds is 5. The Morgan fingerprint density at radius 2 is 2.11 bits per heavy atom. The fourth-order valence-corrected chi connectivity index (χ4v) is 3.34. The third kappa shape index (κ3) is 3.25. The van der Waals surface area contributed by atoms with Crippen LogP contribution in [0.15, 0.2) is 24.3 Å². The number of anilines is 1. The maximum Gasteiger partial charge on any atom is 0.230 e. The maximum absolute atomic E-state index is 12.3. The van der Waals surface area contributed by atoms with Crippen molar-refractivity contribution < 1.29 is 8.42 Å². The van der Waals surface area contributed by atoms with Gasteiger partial charge in [0.15, 0.2) is 5.25 Å². The Morgan fingerprint density at radius 1 is 1.47 bits per heavy atom. The van der Waals surface area contributed by atoms with E-state index < -0.39 is 15.3 Å². The van der Waals surface area contributed by atoms with Gasteiger partial charge in [-0.3, -0.25) is 0 Å². The number of hydrogen-bond donors (Lipinski definition) is 1. The minimum Gasteiger partial charge on any atom is -0.399 e. The van der Waals surface area contributed by atoms with Gasteiger partial charge in [-0.05, 0) is 31.0 Å². The second-order valence-electron chi connectivity index (χ2n) is 4.43. The quantitative estimate of drug-likeness (QED) is 0.835. The number of nitrogens with two attached hydrogens (primary N) is 1. The SMILES string of the molecule is CCC(C#N)S(=O)(=O)N(C)C(C)c1cccc(N)c1. The maximum atomic E-state index is 12.3. The van der Waals surface area contributed by atoms with Crippen molar-refractivity contribution in [3.05, 3.63) is 29.8 Å². The predicted molar refractivity (Wildman–Crippen MR) is 75.6 cm³/mol. The number of nitriles is 1. The van der Waals surface area contributed by atoms with Gasteiger partial charge in [-0.1, -0.05) is 19.1 Å². The Balaban J connectivity index is 3.07. The Hall–Kier alpha value is -1.58. The van der Waals surface area contributed by atoms with Gasteiger partial charge in [-0.15, -0.1) is 0 Å². The largest absolute Gasteiger partial charge is 0.399 e. The Labute approximate surface area is 114 Å². The average molecular weight is 281 g/mol. The lowest BCUT2D eigenvalue weighted by Crippen LogP contribution is -2.36. The van der Waals surface area contributed by atoms with Crippen molar-refractivity contribution in [3.8, 4) is 6.07 Å². The molecule has 104 valence electrons. The molecule has 0 bridgehead atoms. The third-order valence-electron chi connectivity index (χ3n) is 3.21. The molecule has 2 unspecified atom stereocenters. The van der Waals surface area contributed by atoms with E-state index in [0.29, 0.717) is 5.69 Å². The first kappa shape index (κ1) is 15.5. The van der Waals surface area contributed by atoms with Crippen molar-refractivity contribution >= 4 is 15.7 Å². The normalized spacial score (nSPS) is 14.9. The number of nitrogens with zero attached hydrogens (tertiary/aromatic N) is 2. The van der Waals surface area contributed by atoms with Gasteiger partial charge in [0.2, 0.25) is 10.0 Å². The van der Waals surface area contributed by atoms with Crippen LogP contribution in [0.4, 0.5) is 5.69 Å². The summed E-state index contributed by atoms with van der Waals surface area (Å²) in [4.78, 5) is 0. The Bertz CT molecular complexity index is 578. The molecule has 0 saturated carbocycles. The van der Waals surface area contributed by atoms with E-state index in [1.165, 1.54) is 11.4 Å². The van der Waals surface area contributed by atoms with E-state index in [1.807, 2.05) is 12.1 Å². The van der Waals surface area contributed by atoms with Gasteiger partial charge in [-0.2, -0.15) is 9.57 Å². The highest BCUT2D eigenvalue weighted by atomic mass is 32.2. The molecule has 0 saturated heterocycles. The second-order valence-corrected chi connectivity index (χ2v) is 6.61. The van der Waals surface area contributed by atoms with Crippen LogP contribution in [0, 0.1) is 11.3 Å². The molecule has 0 radical (unpaired) electrons. The van der Waals surface area contributed by atoms with Gasteiger partial charge in [0.1, 0.15) is 0 Å². The molecule has 0 heterocycles. The van der Waals surface area contributed by atoms with E-state index in [4.69, 9.17) is 11.0 Å². The molecule has 2 atom stereocenters. The zero-order chi connectivity index (χ0) is 14.6. The highest BCUT2D eigenvalue weighted by molar-refractivity contribution is 7.90. The molecule has 1 aromatic rings. The molecule has 2 N–H and O–H groups in total. The molecule has 0 spiro atoms. The van der Waals surface area contributed by atoms with Gasteiger partial charge < -0.3 is 5.73 Å². The van der Waals surface area contributed by atoms with Crippen molar-refractivity contribution in [1.29, 1.82) is 5.26 Å². The topological polar surface area (TPSA) is 87.2 Å². The zero-order valence-corrected chi connectivity index (χ0v) is 12.2. The molecule has 1 aromatic carbocycles. The minimum atomic E-state index is -3.63. The van der Waals surface area contributed by atoms with Crippen LogP contribution in [-0.4, -0.2) is 25.0 Å². The number of sulfonamides is 1. The van der Waals surface area contributed by atoms with Gasteiger partial charge in [0.25, 0.3) is 0 Å². The highest BCUT2D eigenvalue weighted by Gasteiger charge is 2.31. The van der Waals surface area contributed by atoms with Crippen molar-refractivity contribution in [3.63, 3.8) is 0 Å². The van der Waals surface area contributed by atoms with Crippen LogP contribution in [0.1, 0.15) is 31.9 Å². The second kappa shape index (κ2) is 6.04. The first-order chi connectivity index (χ1) is 8.84. The molecule has 0 aliphatic rings. The lowest BCUT2D eigenvalue weighted by Gasteiger charge is -2.26. The summed E-state index contributed by atoms with van der Waals surface area (Å²) in [5, 5.41) is 7.92. The number of benzene rings is 1. The Morgan fingerprint density at radius 3 is 2.58 bits per heavy atom. The van der Waals surface area contributed by atoms with Crippen molar-refractivity contribution in [2.24, 2.45) is 0 Å². The molecule has 19 heavy (non-hydrogen) atoms. The van der Waals surface area contributed by atoms with E-state index in [-0.39, 0.29) is 12.5 Å². The van der Waals surface area contributed by atoms with Crippen LogP contribution in [0.25, 0.3) is 0 Å². The smallest absolute Gasteiger partial charge is 0.230 e. The van der Waals surface area contributed by atoms with Crippen molar-refractivity contribution in [2.75, 3.05) is 12.8 Å². The average Bonchev–Trinajstić information content (AvgIpc) is 2.38. The first-order valence-electron chi connectivity index (χ1n) is 6.06. The van der Waals surface area contributed by atoms with Crippen LogP contribution in [-0.2, 0) is 10.0 Å². The molecule has 0 fully saturated rings. The standard InChI is InChI=1S/C13H19N3O2S/c1-4-13(9-14)19(17,18)16(3)10(2)11-6-5-7-12(15)8-11/h5-8,10,13H,4,15H2,1-3H3. The molecule has 0 aromatic heterocycles. The Kier molecular flexibility index (Phi) is 4.92. The summed E-state index contributed by atoms with van der Waals surface area (Å²) in [5.74, 6) is 0. The molecule has 5 nitrogen and oxygen atoms in total. The molecular formula is C13H19N3O2S. The lowest BCUT2D eigenvalue weighted by molar-refractivity contribution is 0.394. The fraction of sp³-hybridized carbons (Fsp3) is 0.462. The molecule has 1 rings (SSSR count). The van der Waals surface area contributed by atoms with Gasteiger partial charge in [0, 0.05) is 18.8 Å². The van der Waals surface area contributed by atoms with Crippen LogP contribution >= 0.6 is 0 Å². The summed E-state index contributed by atoms with van der Waals surface area (Å²) in [6.07, 6.45) is 0.271. The monoisotopic (exact) mass is 281 g/mol. The number of nitrogen functional groups attached to an aromatic ring is 1. The van der Waals surface area contributed by atoms with Crippen molar-refractivity contribution in [2.45, 2.75) is 31.6 Å². The lowest BCUT2D eigenvalue weighted by atomic mass is 10.1. The van der Waals surface area contributed by atoms with Gasteiger partial charge >= 0.3 is 0 Å². The summed E-state index contributed by atoms with van der Waals surface area (Å²) in [6.45, 7) is 3.46. The van der Waals surface area contributed by atoms with Crippen LogP contribution in [0.5, 0.6) is 0 Å². The van der Waals surface area contributed by atoms with E-state index >= 15 is 0 Å². The summed E-state index contributed by atoms with van der Waals surface area (Å²) in [6, 6.07) is 8.56. The van der Waals surface area contributed by atoms with E-state index in [0.717, 1.165) is 5.56 Å². The molecule has 6 heteroatoms. The third-order valence-corrected chi connectivity index (χ3v) is 5.49. The summed E-state index contributed by atoms with van der Waals surface area (Å²) in [5.41, 5.74) is 7.09. The summed E-state index contributed by atoms with van der Waals surface area (Å²) in [7, 11) is -2.14. The van der Waals surface area contributed by atoms with Crippen LogP contribution in [0.3, 0.4) is 0 Å². The predicted octanol–water partition coefficient (Wildman–Crippen LogP) is 1.89. The molecular weight excluding hydrogens is 262 g/mol. The van der Waals surface area contributed by atoms with Gasteiger partial charge in [0.05, 0.1) is 6.07 Å². The summed E-state index contributed by atoms with van der Waals surface area (Å²) >= 11 is 0. The van der Waals surface area contributed by atoms with E-state index in [1.54, 1.807) is 32.0 Å². The highest BCUT2D eigenvalue weighted by Crippen LogP contribution is 2.25. The van der Waals surface area contributed by atoms with Gasteiger partial charge in [-0.25, -0.2) is 8.42 Å².